The molecule has 1 aromatic rings. The van der Waals surface area contributed by atoms with Crippen molar-refractivity contribution in [3.05, 3.63) is 30.3 Å². The van der Waals surface area contributed by atoms with Gasteiger partial charge in [0.05, 0.1) is 12.7 Å². The van der Waals surface area contributed by atoms with Crippen molar-refractivity contribution in [2.45, 2.75) is 6.10 Å². The SMILES string of the molecule is O=C(COc1ccccc1)NCC1CNCCO1. The maximum Gasteiger partial charge on any atom is 0.258 e. The van der Waals surface area contributed by atoms with Gasteiger partial charge in [-0.1, -0.05) is 18.2 Å². The molecule has 1 unspecified atom stereocenters. The Morgan fingerprint density at radius 3 is 3.00 bits per heavy atom. The first kappa shape index (κ1) is 12.9. The predicted molar refractivity (Wildman–Crippen MR) is 67.6 cm³/mol. The number of carbonyl (C=O) groups is 1. The van der Waals surface area contributed by atoms with E-state index in [9.17, 15) is 4.79 Å². The van der Waals surface area contributed by atoms with E-state index in [-0.39, 0.29) is 18.6 Å². The van der Waals surface area contributed by atoms with Crippen LogP contribution in [0.4, 0.5) is 0 Å². The van der Waals surface area contributed by atoms with Gasteiger partial charge in [-0.15, -0.1) is 0 Å². The summed E-state index contributed by atoms with van der Waals surface area (Å²) in [4.78, 5) is 11.5. The molecule has 5 heteroatoms. The van der Waals surface area contributed by atoms with Crippen molar-refractivity contribution >= 4 is 5.91 Å². The summed E-state index contributed by atoms with van der Waals surface area (Å²) in [6.45, 7) is 2.90. The van der Waals surface area contributed by atoms with Crippen LogP contribution in [0.2, 0.25) is 0 Å². The zero-order valence-electron chi connectivity index (χ0n) is 10.2. The molecular weight excluding hydrogens is 232 g/mol. The molecular formula is C13H18N2O3. The fourth-order valence-electron chi connectivity index (χ4n) is 1.70. The van der Waals surface area contributed by atoms with Gasteiger partial charge in [0.2, 0.25) is 0 Å². The van der Waals surface area contributed by atoms with Crippen molar-refractivity contribution in [1.82, 2.24) is 10.6 Å². The Labute approximate surface area is 106 Å². The first-order chi connectivity index (χ1) is 8.84. The highest BCUT2D eigenvalue weighted by atomic mass is 16.5. The summed E-state index contributed by atoms with van der Waals surface area (Å²) in [5.74, 6) is 0.566. The van der Waals surface area contributed by atoms with Gasteiger partial charge < -0.3 is 20.1 Å². The minimum atomic E-state index is -0.131. The maximum absolute atomic E-state index is 11.5. The van der Waals surface area contributed by atoms with Crippen molar-refractivity contribution in [1.29, 1.82) is 0 Å². The molecule has 0 saturated carbocycles. The van der Waals surface area contributed by atoms with Crippen molar-refractivity contribution in [2.75, 3.05) is 32.8 Å². The van der Waals surface area contributed by atoms with Crippen molar-refractivity contribution in [3.63, 3.8) is 0 Å². The van der Waals surface area contributed by atoms with Crippen LogP contribution < -0.4 is 15.4 Å². The molecule has 1 aliphatic rings. The highest BCUT2D eigenvalue weighted by molar-refractivity contribution is 5.77. The number of hydrogen-bond acceptors (Lipinski definition) is 4. The van der Waals surface area contributed by atoms with Crippen LogP contribution in [-0.4, -0.2) is 44.9 Å². The molecule has 18 heavy (non-hydrogen) atoms. The predicted octanol–water partition coefficient (Wildman–Crippen LogP) is 0.170. The molecule has 5 nitrogen and oxygen atoms in total. The third kappa shape index (κ3) is 4.35. The number of ether oxygens (including phenoxy) is 2. The van der Waals surface area contributed by atoms with E-state index in [4.69, 9.17) is 9.47 Å². The van der Waals surface area contributed by atoms with Gasteiger partial charge in [0, 0.05) is 19.6 Å². The number of morpholine rings is 1. The molecule has 98 valence electrons. The van der Waals surface area contributed by atoms with Gasteiger partial charge >= 0.3 is 0 Å². The minimum Gasteiger partial charge on any atom is -0.484 e. The van der Waals surface area contributed by atoms with Gasteiger partial charge in [0.25, 0.3) is 5.91 Å². The number of carbonyl (C=O) groups excluding carboxylic acids is 1. The van der Waals surface area contributed by atoms with Gasteiger partial charge in [-0.2, -0.15) is 0 Å². The molecule has 0 radical (unpaired) electrons. The molecule has 1 heterocycles. The lowest BCUT2D eigenvalue weighted by Crippen LogP contribution is -2.45. The molecule has 1 aliphatic heterocycles. The topological polar surface area (TPSA) is 59.6 Å². The van der Waals surface area contributed by atoms with Gasteiger partial charge in [-0.05, 0) is 12.1 Å². The molecule has 0 aliphatic carbocycles. The summed E-state index contributed by atoms with van der Waals surface area (Å²) in [5, 5.41) is 6.00. The first-order valence-corrected chi connectivity index (χ1v) is 6.11. The number of nitrogens with one attached hydrogen (secondary N) is 2. The third-order valence-electron chi connectivity index (χ3n) is 2.64. The molecule has 1 amide bonds. The minimum absolute atomic E-state index is 0.0319. The Kier molecular flexibility index (Phi) is 4.99. The quantitative estimate of drug-likeness (QED) is 0.782. The molecule has 1 fully saturated rings. The zero-order chi connectivity index (χ0) is 12.6. The lowest BCUT2D eigenvalue weighted by Gasteiger charge is -2.23. The Balaban J connectivity index is 1.63. The fourth-order valence-corrected chi connectivity index (χ4v) is 1.70. The lowest BCUT2D eigenvalue weighted by atomic mass is 10.3. The van der Waals surface area contributed by atoms with Gasteiger partial charge in [0.15, 0.2) is 6.61 Å². The van der Waals surface area contributed by atoms with Crippen LogP contribution in [0, 0.1) is 0 Å². The van der Waals surface area contributed by atoms with Crippen LogP contribution in [0.1, 0.15) is 0 Å². The van der Waals surface area contributed by atoms with Crippen LogP contribution in [-0.2, 0) is 9.53 Å². The van der Waals surface area contributed by atoms with Gasteiger partial charge in [0.1, 0.15) is 5.75 Å². The normalized spacial score (nSPS) is 19.2. The Morgan fingerprint density at radius 2 is 2.28 bits per heavy atom. The van der Waals surface area contributed by atoms with Crippen LogP contribution in [0.5, 0.6) is 5.75 Å². The van der Waals surface area contributed by atoms with E-state index in [1.807, 2.05) is 30.3 Å². The second-order valence-corrected chi connectivity index (χ2v) is 4.10. The third-order valence-corrected chi connectivity index (χ3v) is 2.64. The van der Waals surface area contributed by atoms with E-state index >= 15 is 0 Å². The van der Waals surface area contributed by atoms with E-state index in [1.54, 1.807) is 0 Å². The Morgan fingerprint density at radius 1 is 1.44 bits per heavy atom. The number of hydrogen-bond donors (Lipinski definition) is 2. The molecule has 1 saturated heterocycles. The van der Waals surface area contributed by atoms with Crippen LogP contribution in [0.25, 0.3) is 0 Å². The second kappa shape index (κ2) is 6.98. The summed E-state index contributed by atoms with van der Waals surface area (Å²) in [5.41, 5.74) is 0. The average molecular weight is 250 g/mol. The van der Waals surface area contributed by atoms with Crippen LogP contribution >= 0.6 is 0 Å². The van der Waals surface area contributed by atoms with Gasteiger partial charge in [-0.3, -0.25) is 4.79 Å². The summed E-state index contributed by atoms with van der Waals surface area (Å²) in [6, 6.07) is 9.28. The zero-order valence-corrected chi connectivity index (χ0v) is 10.2. The highest BCUT2D eigenvalue weighted by Gasteiger charge is 2.14. The average Bonchev–Trinajstić information content (AvgIpc) is 2.45. The largest absolute Gasteiger partial charge is 0.484 e. The van der Waals surface area contributed by atoms with Crippen molar-refractivity contribution < 1.29 is 14.3 Å². The van der Waals surface area contributed by atoms with Crippen molar-refractivity contribution in [3.8, 4) is 5.75 Å². The number of para-hydroxylation sites is 1. The van der Waals surface area contributed by atoms with Crippen molar-refractivity contribution in [2.24, 2.45) is 0 Å². The van der Waals surface area contributed by atoms with E-state index in [0.29, 0.717) is 18.9 Å². The number of benzene rings is 1. The molecule has 0 spiro atoms. The number of rotatable bonds is 5. The summed E-state index contributed by atoms with van der Waals surface area (Å²) < 4.78 is 10.8. The highest BCUT2D eigenvalue weighted by Crippen LogP contribution is 2.07. The lowest BCUT2D eigenvalue weighted by molar-refractivity contribution is -0.123. The fraction of sp³-hybridized carbons (Fsp3) is 0.462. The second-order valence-electron chi connectivity index (χ2n) is 4.10. The maximum atomic E-state index is 11.5. The van der Waals surface area contributed by atoms with E-state index in [2.05, 4.69) is 10.6 Å². The van der Waals surface area contributed by atoms with Gasteiger partial charge in [-0.25, -0.2) is 0 Å². The molecule has 2 N–H and O–H groups in total. The molecule has 0 bridgehead atoms. The molecule has 1 atom stereocenters. The summed E-state index contributed by atoms with van der Waals surface area (Å²) in [7, 11) is 0. The monoisotopic (exact) mass is 250 g/mol. The van der Waals surface area contributed by atoms with E-state index < -0.39 is 0 Å². The smallest absolute Gasteiger partial charge is 0.258 e. The molecule has 1 aromatic carbocycles. The van der Waals surface area contributed by atoms with E-state index in [1.165, 1.54) is 0 Å². The molecule has 2 rings (SSSR count). The summed E-state index contributed by atoms with van der Waals surface area (Å²) in [6.07, 6.45) is 0.0550. The van der Waals surface area contributed by atoms with E-state index in [0.717, 1.165) is 13.1 Å². The number of amides is 1. The summed E-state index contributed by atoms with van der Waals surface area (Å²) >= 11 is 0. The standard InChI is InChI=1S/C13H18N2O3/c16-13(10-18-11-4-2-1-3-5-11)15-9-12-8-14-6-7-17-12/h1-5,12,14H,6-10H2,(H,15,16). The Hall–Kier alpha value is -1.59. The van der Waals surface area contributed by atoms with Crippen LogP contribution in [0.3, 0.4) is 0 Å². The first-order valence-electron chi connectivity index (χ1n) is 6.11. The Bertz CT molecular complexity index is 364. The molecule has 0 aromatic heterocycles. The van der Waals surface area contributed by atoms with Crippen LogP contribution in [0.15, 0.2) is 30.3 Å².